The number of rotatable bonds is 4. The molecule has 0 rings (SSSR count). The summed E-state index contributed by atoms with van der Waals surface area (Å²) in [7, 11) is 0. The molecule has 0 aromatic rings. The van der Waals surface area contributed by atoms with Crippen molar-refractivity contribution < 1.29 is 40.5 Å². The lowest BCUT2D eigenvalue weighted by Crippen LogP contribution is -2.60. The lowest BCUT2D eigenvalue weighted by atomic mass is 10.0. The van der Waals surface area contributed by atoms with E-state index in [9.17, 15) is 4.79 Å². The first-order chi connectivity index (χ1) is 6.52. The summed E-state index contributed by atoms with van der Waals surface area (Å²) in [5.74, 6) is -8.75. The van der Waals surface area contributed by atoms with Crippen LogP contribution in [0, 0.1) is 0 Å². The monoisotopic (exact) mass is 224 g/mol. The van der Waals surface area contributed by atoms with Crippen LogP contribution in [0.15, 0.2) is 11.6 Å². The zero-order valence-corrected chi connectivity index (χ0v) is 7.69. The Morgan fingerprint density at radius 2 is 1.60 bits per heavy atom. The van der Waals surface area contributed by atoms with E-state index in [1.54, 1.807) is 0 Å². The molecule has 0 aliphatic rings. The van der Waals surface area contributed by atoms with Gasteiger partial charge in [0.25, 0.3) is 5.79 Å². The van der Waals surface area contributed by atoms with Gasteiger partial charge in [0, 0.05) is 5.57 Å². The number of aliphatic hydroxyl groups excluding tert-OH is 1. The minimum Gasteiger partial charge on any atom is -0.478 e. The largest absolute Gasteiger partial charge is 0.478 e. The van der Waals surface area contributed by atoms with E-state index in [1.807, 2.05) is 0 Å². The molecule has 15 heavy (non-hydrogen) atoms. The molecular weight excluding hydrogens is 212 g/mol. The van der Waals surface area contributed by atoms with Crippen molar-refractivity contribution in [3.63, 3.8) is 0 Å². The maximum absolute atomic E-state index is 10.3. The number of carboxylic acids is 1. The van der Waals surface area contributed by atoms with E-state index in [1.165, 1.54) is 0 Å². The summed E-state index contributed by atoms with van der Waals surface area (Å²) in [6.45, 7) is 0.948. The minimum absolute atomic E-state index is 0.161. The van der Waals surface area contributed by atoms with Crippen LogP contribution in [0.25, 0.3) is 0 Å². The molecule has 0 amide bonds. The molecule has 7 N–H and O–H groups in total. The molecular formula is C7H12O8. The van der Waals surface area contributed by atoms with Crippen molar-refractivity contribution in [2.24, 2.45) is 0 Å². The van der Waals surface area contributed by atoms with Crippen LogP contribution in [0.2, 0.25) is 0 Å². The van der Waals surface area contributed by atoms with Crippen molar-refractivity contribution in [3.8, 4) is 0 Å². The topological polar surface area (TPSA) is 159 Å². The van der Waals surface area contributed by atoms with Gasteiger partial charge in [0.15, 0.2) is 0 Å². The minimum atomic E-state index is -3.70. The number of carbonyl (C=O) groups is 1. The molecule has 0 aliphatic heterocycles. The summed E-state index contributed by atoms with van der Waals surface area (Å²) in [5.41, 5.74) is -0.617. The fourth-order valence-corrected chi connectivity index (χ4v) is 0.660. The highest BCUT2D eigenvalue weighted by molar-refractivity contribution is 5.85. The molecule has 0 bridgehead atoms. The van der Waals surface area contributed by atoms with Gasteiger partial charge in [0.2, 0.25) is 12.1 Å². The Labute approximate surface area is 84.0 Å². The molecule has 0 atom stereocenters. The first-order valence-electron chi connectivity index (χ1n) is 3.70. The van der Waals surface area contributed by atoms with Crippen molar-refractivity contribution in [2.75, 3.05) is 0 Å². The third kappa shape index (κ3) is 2.96. The SMILES string of the molecule is C/C(=C\C(O)(O)C(O)(O)C(O)O)C(=O)O. The van der Waals surface area contributed by atoms with Crippen molar-refractivity contribution >= 4 is 5.97 Å². The predicted molar refractivity (Wildman–Crippen MR) is 44.0 cm³/mol. The van der Waals surface area contributed by atoms with E-state index < -0.39 is 29.4 Å². The lowest BCUT2D eigenvalue weighted by Gasteiger charge is -2.33. The molecule has 0 unspecified atom stereocenters. The number of carboxylic acid groups (broad SMARTS) is 1. The number of hydrogen-bond acceptors (Lipinski definition) is 7. The average Bonchev–Trinajstić information content (AvgIpc) is 2.02. The van der Waals surface area contributed by atoms with Gasteiger partial charge >= 0.3 is 5.97 Å². The van der Waals surface area contributed by atoms with Crippen molar-refractivity contribution in [3.05, 3.63) is 11.6 Å². The van der Waals surface area contributed by atoms with Crippen molar-refractivity contribution in [1.29, 1.82) is 0 Å². The third-order valence-corrected chi connectivity index (χ3v) is 1.66. The van der Waals surface area contributed by atoms with E-state index in [4.69, 9.17) is 35.7 Å². The second-order valence-electron chi connectivity index (χ2n) is 2.96. The summed E-state index contributed by atoms with van der Waals surface area (Å²) in [4.78, 5) is 10.3. The normalized spacial score (nSPS) is 14.5. The Balaban J connectivity index is 5.15. The van der Waals surface area contributed by atoms with Gasteiger partial charge in [-0.25, -0.2) is 4.79 Å². The summed E-state index contributed by atoms with van der Waals surface area (Å²) in [6, 6.07) is 0. The lowest BCUT2D eigenvalue weighted by molar-refractivity contribution is -0.396. The molecule has 0 radical (unpaired) electrons. The van der Waals surface area contributed by atoms with E-state index in [0.717, 1.165) is 6.92 Å². The highest BCUT2D eigenvalue weighted by Crippen LogP contribution is 2.22. The smallest absolute Gasteiger partial charge is 0.331 e. The predicted octanol–water partition coefficient (Wildman–Crippen LogP) is -3.31. The van der Waals surface area contributed by atoms with Gasteiger partial charge in [-0.3, -0.25) is 0 Å². The molecule has 0 heterocycles. The Kier molecular flexibility index (Phi) is 3.94. The van der Waals surface area contributed by atoms with Crippen LogP contribution < -0.4 is 0 Å². The Morgan fingerprint density at radius 3 is 1.87 bits per heavy atom. The molecule has 0 saturated carbocycles. The first kappa shape index (κ1) is 14.0. The highest BCUT2D eigenvalue weighted by atomic mass is 16.6. The van der Waals surface area contributed by atoms with Gasteiger partial charge in [-0.2, -0.15) is 0 Å². The van der Waals surface area contributed by atoms with Gasteiger partial charge in [0.1, 0.15) is 0 Å². The van der Waals surface area contributed by atoms with E-state index >= 15 is 0 Å². The van der Waals surface area contributed by atoms with Crippen molar-refractivity contribution in [1.82, 2.24) is 0 Å². The fourth-order valence-electron chi connectivity index (χ4n) is 0.660. The highest BCUT2D eigenvalue weighted by Gasteiger charge is 2.51. The maximum atomic E-state index is 10.3. The van der Waals surface area contributed by atoms with E-state index in [-0.39, 0.29) is 6.08 Å². The van der Waals surface area contributed by atoms with Crippen LogP contribution in [0.4, 0.5) is 0 Å². The molecule has 88 valence electrons. The van der Waals surface area contributed by atoms with Gasteiger partial charge < -0.3 is 35.7 Å². The van der Waals surface area contributed by atoms with Crippen LogP contribution >= 0.6 is 0 Å². The van der Waals surface area contributed by atoms with Crippen LogP contribution in [0.3, 0.4) is 0 Å². The van der Waals surface area contributed by atoms with Gasteiger partial charge in [0.05, 0.1) is 0 Å². The summed E-state index contributed by atoms with van der Waals surface area (Å²) >= 11 is 0. The maximum Gasteiger partial charge on any atom is 0.331 e. The molecule has 0 aliphatic carbocycles. The van der Waals surface area contributed by atoms with Crippen LogP contribution in [0.5, 0.6) is 0 Å². The summed E-state index contributed by atoms with van der Waals surface area (Å²) in [6.07, 6.45) is -2.72. The third-order valence-electron chi connectivity index (χ3n) is 1.66. The molecule has 8 nitrogen and oxygen atoms in total. The molecule has 0 spiro atoms. The van der Waals surface area contributed by atoms with Crippen LogP contribution in [-0.4, -0.2) is 59.6 Å². The van der Waals surface area contributed by atoms with Crippen LogP contribution in [0.1, 0.15) is 6.92 Å². The quantitative estimate of drug-likeness (QED) is 0.193. The van der Waals surface area contributed by atoms with Gasteiger partial charge in [-0.15, -0.1) is 0 Å². The van der Waals surface area contributed by atoms with E-state index in [0.29, 0.717) is 0 Å². The van der Waals surface area contributed by atoms with E-state index in [2.05, 4.69) is 0 Å². The van der Waals surface area contributed by atoms with Gasteiger partial charge in [-0.1, -0.05) is 0 Å². The number of aliphatic carboxylic acids is 1. The second kappa shape index (κ2) is 4.23. The Morgan fingerprint density at radius 1 is 1.20 bits per heavy atom. The molecule has 0 aromatic heterocycles. The van der Waals surface area contributed by atoms with Crippen molar-refractivity contribution in [2.45, 2.75) is 24.8 Å². The zero-order chi connectivity index (χ0) is 12.4. The molecule has 0 aromatic carbocycles. The second-order valence-corrected chi connectivity index (χ2v) is 2.96. The summed E-state index contributed by atoms with van der Waals surface area (Å²) < 4.78 is 0. The number of aliphatic hydroxyl groups is 6. The van der Waals surface area contributed by atoms with Crippen LogP contribution in [-0.2, 0) is 4.79 Å². The summed E-state index contributed by atoms with van der Waals surface area (Å²) in [5, 5.41) is 61.0. The standard InChI is InChI=1S/C7H12O8/c1-3(4(8)9)2-6(12,13)7(14,15)5(10)11/h2,5,10-15H,1H3,(H,8,9)/b3-2+. The first-order valence-corrected chi connectivity index (χ1v) is 3.70. The average molecular weight is 224 g/mol. The van der Waals surface area contributed by atoms with Gasteiger partial charge in [-0.05, 0) is 13.0 Å². The Hall–Kier alpha value is -1.03. The zero-order valence-electron chi connectivity index (χ0n) is 7.69. The molecule has 0 fully saturated rings. The Bertz CT molecular complexity index is 277. The molecule has 0 saturated heterocycles. The fraction of sp³-hybridized carbons (Fsp3) is 0.571. The molecule has 8 heteroatoms. The number of hydrogen-bond donors (Lipinski definition) is 7.